The molecule has 1 unspecified atom stereocenters. The molecule has 1 aliphatic heterocycles. The zero-order chi connectivity index (χ0) is 14.7. The molecule has 0 aliphatic carbocycles. The molecule has 1 amide bonds. The molecule has 110 valence electrons. The van der Waals surface area contributed by atoms with E-state index >= 15 is 0 Å². The second-order valence-electron chi connectivity index (χ2n) is 5.13. The minimum Gasteiger partial charge on any atom is -0.397 e. The van der Waals surface area contributed by atoms with Crippen LogP contribution in [0.15, 0.2) is 12.1 Å². The molecule has 1 fully saturated rings. The molecule has 2 N–H and O–H groups in total. The molecule has 0 radical (unpaired) electrons. The van der Waals surface area contributed by atoms with Gasteiger partial charge in [-0.15, -0.1) is 0 Å². The minimum atomic E-state index is -0.110. The van der Waals surface area contributed by atoms with Crippen molar-refractivity contribution < 1.29 is 9.53 Å². The number of ether oxygens (including phenoxy) is 1. The molecule has 1 aromatic rings. The molecule has 4 nitrogen and oxygen atoms in total. The quantitative estimate of drug-likeness (QED) is 0.872. The van der Waals surface area contributed by atoms with Crippen LogP contribution in [-0.2, 0) is 4.74 Å². The fourth-order valence-electron chi connectivity index (χ4n) is 2.38. The van der Waals surface area contributed by atoms with E-state index in [-0.39, 0.29) is 10.9 Å². The van der Waals surface area contributed by atoms with Crippen molar-refractivity contribution in [1.82, 2.24) is 4.90 Å². The Hall–Kier alpha value is -0.970. The standard InChI is InChI=1S/C14H18Cl2N2O2/c1-18(7-9-3-2-4-20-8-9)14(19)10-5-11(15)13(16)12(17)6-10/h5-6,9H,2-4,7-8,17H2,1H3. The van der Waals surface area contributed by atoms with Crippen molar-refractivity contribution in [1.29, 1.82) is 0 Å². The number of carbonyl (C=O) groups excluding carboxylic acids is 1. The number of nitrogen functional groups attached to an aromatic ring is 1. The maximum Gasteiger partial charge on any atom is 0.253 e. The molecular formula is C14H18Cl2N2O2. The first kappa shape index (κ1) is 15.4. The van der Waals surface area contributed by atoms with Gasteiger partial charge in [0.05, 0.1) is 22.3 Å². The smallest absolute Gasteiger partial charge is 0.253 e. The fourth-order valence-corrected chi connectivity index (χ4v) is 2.71. The van der Waals surface area contributed by atoms with E-state index in [2.05, 4.69) is 0 Å². The molecule has 2 rings (SSSR count). The third-order valence-electron chi connectivity index (χ3n) is 3.44. The molecule has 0 bridgehead atoms. The van der Waals surface area contributed by atoms with Crippen LogP contribution in [0.2, 0.25) is 10.0 Å². The van der Waals surface area contributed by atoms with Gasteiger partial charge in [-0.25, -0.2) is 0 Å². The van der Waals surface area contributed by atoms with E-state index in [4.69, 9.17) is 33.7 Å². The normalized spacial score (nSPS) is 18.9. The van der Waals surface area contributed by atoms with E-state index in [1.165, 1.54) is 0 Å². The summed E-state index contributed by atoms with van der Waals surface area (Å²) in [6, 6.07) is 3.11. The number of carbonyl (C=O) groups is 1. The number of amides is 1. The fraction of sp³-hybridized carbons (Fsp3) is 0.500. The SMILES string of the molecule is CN(CC1CCCOC1)C(=O)c1cc(N)c(Cl)c(Cl)c1. The maximum absolute atomic E-state index is 12.4. The number of anilines is 1. The molecule has 20 heavy (non-hydrogen) atoms. The van der Waals surface area contributed by atoms with E-state index in [9.17, 15) is 4.79 Å². The summed E-state index contributed by atoms with van der Waals surface area (Å²) in [7, 11) is 1.77. The largest absolute Gasteiger partial charge is 0.397 e. The molecule has 1 aromatic carbocycles. The van der Waals surface area contributed by atoms with Gasteiger partial charge in [0, 0.05) is 25.8 Å². The summed E-state index contributed by atoms with van der Waals surface area (Å²) in [6.07, 6.45) is 2.13. The summed E-state index contributed by atoms with van der Waals surface area (Å²) in [5.74, 6) is 0.277. The van der Waals surface area contributed by atoms with Crippen LogP contribution < -0.4 is 5.73 Å². The monoisotopic (exact) mass is 316 g/mol. The van der Waals surface area contributed by atoms with E-state index < -0.39 is 0 Å². The molecule has 0 spiro atoms. The summed E-state index contributed by atoms with van der Waals surface area (Å²) in [5.41, 5.74) is 6.51. The predicted molar refractivity (Wildman–Crippen MR) is 81.4 cm³/mol. The second kappa shape index (κ2) is 6.66. The van der Waals surface area contributed by atoms with Gasteiger partial charge in [-0.05, 0) is 30.9 Å². The number of nitrogens with zero attached hydrogens (tertiary/aromatic N) is 1. The Bertz CT molecular complexity index is 479. The highest BCUT2D eigenvalue weighted by atomic mass is 35.5. The van der Waals surface area contributed by atoms with Gasteiger partial charge in [0.1, 0.15) is 0 Å². The molecule has 1 heterocycles. The van der Waals surface area contributed by atoms with Crippen LogP contribution in [0.25, 0.3) is 0 Å². The number of halogens is 2. The molecule has 0 saturated carbocycles. The number of rotatable bonds is 3. The number of hydrogen-bond donors (Lipinski definition) is 1. The molecule has 1 saturated heterocycles. The van der Waals surface area contributed by atoms with Gasteiger partial charge < -0.3 is 15.4 Å². The van der Waals surface area contributed by atoms with Crippen molar-refractivity contribution in [2.24, 2.45) is 5.92 Å². The van der Waals surface area contributed by atoms with Gasteiger partial charge in [0.15, 0.2) is 0 Å². The average molecular weight is 317 g/mol. The van der Waals surface area contributed by atoms with E-state index in [0.717, 1.165) is 19.4 Å². The summed E-state index contributed by atoms with van der Waals surface area (Å²) in [6.45, 7) is 2.19. The highest BCUT2D eigenvalue weighted by Crippen LogP contribution is 2.30. The Labute approximate surface area is 128 Å². The number of benzene rings is 1. The van der Waals surface area contributed by atoms with E-state index in [1.54, 1.807) is 24.1 Å². The highest BCUT2D eigenvalue weighted by molar-refractivity contribution is 6.43. The average Bonchev–Trinajstić information content (AvgIpc) is 2.44. The molecule has 1 atom stereocenters. The number of nitrogens with two attached hydrogens (primary N) is 1. The lowest BCUT2D eigenvalue weighted by molar-refractivity contribution is 0.0388. The summed E-state index contributed by atoms with van der Waals surface area (Å²) in [5, 5.41) is 0.580. The van der Waals surface area contributed by atoms with Crippen LogP contribution in [-0.4, -0.2) is 37.6 Å². The van der Waals surface area contributed by atoms with Crippen LogP contribution >= 0.6 is 23.2 Å². The Morgan fingerprint density at radius 2 is 2.25 bits per heavy atom. The van der Waals surface area contributed by atoms with Gasteiger partial charge >= 0.3 is 0 Å². The van der Waals surface area contributed by atoms with Crippen LogP contribution in [0.3, 0.4) is 0 Å². The molecule has 1 aliphatic rings. The lowest BCUT2D eigenvalue weighted by Gasteiger charge is -2.27. The van der Waals surface area contributed by atoms with Crippen LogP contribution in [0, 0.1) is 5.92 Å². The summed E-state index contributed by atoms with van der Waals surface area (Å²) >= 11 is 11.8. The van der Waals surface area contributed by atoms with Gasteiger partial charge in [-0.3, -0.25) is 4.79 Å². The third kappa shape index (κ3) is 3.57. The van der Waals surface area contributed by atoms with Crippen LogP contribution in [0.4, 0.5) is 5.69 Å². The first-order chi connectivity index (χ1) is 9.49. The lowest BCUT2D eigenvalue weighted by atomic mass is 10.0. The van der Waals surface area contributed by atoms with Gasteiger partial charge in [0.25, 0.3) is 5.91 Å². The predicted octanol–water partition coefficient (Wildman–Crippen LogP) is 3.07. The van der Waals surface area contributed by atoms with E-state index in [1.807, 2.05) is 0 Å². The summed E-state index contributed by atoms with van der Waals surface area (Å²) in [4.78, 5) is 14.0. The Morgan fingerprint density at radius 3 is 2.85 bits per heavy atom. The Morgan fingerprint density at radius 1 is 1.50 bits per heavy atom. The van der Waals surface area contributed by atoms with Crippen molar-refractivity contribution in [3.05, 3.63) is 27.7 Å². The van der Waals surface area contributed by atoms with Crippen molar-refractivity contribution in [2.75, 3.05) is 32.5 Å². The topological polar surface area (TPSA) is 55.6 Å². The van der Waals surface area contributed by atoms with Crippen molar-refractivity contribution in [3.63, 3.8) is 0 Å². The summed E-state index contributed by atoms with van der Waals surface area (Å²) < 4.78 is 5.43. The Kier molecular flexibility index (Phi) is 5.13. The van der Waals surface area contributed by atoms with Gasteiger partial charge in [0.2, 0.25) is 0 Å². The van der Waals surface area contributed by atoms with Gasteiger partial charge in [-0.2, -0.15) is 0 Å². The zero-order valence-electron chi connectivity index (χ0n) is 11.4. The molecular weight excluding hydrogens is 299 g/mol. The van der Waals surface area contributed by atoms with Crippen molar-refractivity contribution in [2.45, 2.75) is 12.8 Å². The number of hydrogen-bond acceptors (Lipinski definition) is 3. The van der Waals surface area contributed by atoms with Crippen LogP contribution in [0.1, 0.15) is 23.2 Å². The lowest BCUT2D eigenvalue weighted by Crippen LogP contribution is -2.35. The zero-order valence-corrected chi connectivity index (χ0v) is 12.9. The Balaban J connectivity index is 2.06. The van der Waals surface area contributed by atoms with Crippen molar-refractivity contribution in [3.8, 4) is 0 Å². The van der Waals surface area contributed by atoms with Crippen LogP contribution in [0.5, 0.6) is 0 Å². The highest BCUT2D eigenvalue weighted by Gasteiger charge is 2.20. The van der Waals surface area contributed by atoms with Gasteiger partial charge in [-0.1, -0.05) is 23.2 Å². The molecule has 6 heteroatoms. The first-order valence-corrected chi connectivity index (χ1v) is 7.32. The van der Waals surface area contributed by atoms with E-state index in [0.29, 0.717) is 35.3 Å². The minimum absolute atomic E-state index is 0.110. The maximum atomic E-state index is 12.4. The second-order valence-corrected chi connectivity index (χ2v) is 5.92. The first-order valence-electron chi connectivity index (χ1n) is 6.56. The third-order valence-corrected chi connectivity index (χ3v) is 4.25. The van der Waals surface area contributed by atoms with Crippen molar-refractivity contribution >= 4 is 34.8 Å². The molecule has 0 aromatic heterocycles.